The van der Waals surface area contributed by atoms with Crippen molar-refractivity contribution in [2.24, 2.45) is 0 Å². The molecule has 1 aromatic rings. The van der Waals surface area contributed by atoms with Crippen molar-refractivity contribution < 1.29 is 19.5 Å². The molecule has 8 heteroatoms. The van der Waals surface area contributed by atoms with Gasteiger partial charge >= 0.3 is 5.97 Å². The van der Waals surface area contributed by atoms with Crippen molar-refractivity contribution in [3.63, 3.8) is 0 Å². The molecule has 1 rings (SSSR count). The molecular weight excluding hydrogens is 336 g/mol. The summed E-state index contributed by atoms with van der Waals surface area (Å²) in [6.07, 6.45) is 3.07. The van der Waals surface area contributed by atoms with E-state index < -0.39 is 11.9 Å². The Hall–Kier alpha value is -3.34. The quantitative estimate of drug-likeness (QED) is 0.266. The van der Waals surface area contributed by atoms with Gasteiger partial charge in [0.05, 0.1) is 0 Å². The Morgan fingerprint density at radius 1 is 1.23 bits per heavy atom. The van der Waals surface area contributed by atoms with E-state index in [0.29, 0.717) is 37.2 Å². The van der Waals surface area contributed by atoms with Crippen LogP contribution >= 0.6 is 0 Å². The fraction of sp³-hybridized carbons (Fsp3) is 0.333. The Balaban J connectivity index is 2.69. The lowest BCUT2D eigenvalue weighted by Gasteiger charge is -2.17. The number of nitrogens with two attached hydrogens (primary N) is 1. The van der Waals surface area contributed by atoms with Crippen LogP contribution in [0.4, 0.5) is 11.4 Å². The standard InChI is InChI=1S/C18H22N4O4/c1-13(23)22(16-8-6-15(20)7-9-16)12-14(11-19)18(26)21-10-4-2-3-5-17(24)25/h6-9,12H,2-5,10,20H2,1H3,(H,21,26)(H,24,25)/b14-12-. The average molecular weight is 358 g/mol. The Kier molecular flexibility index (Phi) is 8.37. The van der Waals surface area contributed by atoms with Gasteiger partial charge in [-0.25, -0.2) is 0 Å². The fourth-order valence-corrected chi connectivity index (χ4v) is 2.12. The van der Waals surface area contributed by atoms with Gasteiger partial charge in [-0.05, 0) is 37.1 Å². The highest BCUT2D eigenvalue weighted by atomic mass is 16.4. The summed E-state index contributed by atoms with van der Waals surface area (Å²) >= 11 is 0. The summed E-state index contributed by atoms with van der Waals surface area (Å²) in [5, 5.41) is 20.4. The van der Waals surface area contributed by atoms with Gasteiger partial charge in [0.1, 0.15) is 11.6 Å². The molecule has 0 aliphatic rings. The summed E-state index contributed by atoms with van der Waals surface area (Å²) in [5.74, 6) is -1.80. The van der Waals surface area contributed by atoms with Crippen molar-refractivity contribution in [2.45, 2.75) is 32.6 Å². The largest absolute Gasteiger partial charge is 0.481 e. The first-order chi connectivity index (χ1) is 12.3. The average Bonchev–Trinajstić information content (AvgIpc) is 2.59. The summed E-state index contributed by atoms with van der Waals surface area (Å²) in [6, 6.07) is 8.24. The molecule has 8 nitrogen and oxygen atoms in total. The number of aliphatic carboxylic acids is 1. The lowest BCUT2D eigenvalue weighted by molar-refractivity contribution is -0.137. The summed E-state index contributed by atoms with van der Waals surface area (Å²) in [4.78, 5) is 35.6. The molecule has 0 unspecified atom stereocenters. The van der Waals surface area contributed by atoms with E-state index in [1.807, 2.05) is 0 Å². The second-order valence-corrected chi connectivity index (χ2v) is 5.60. The molecule has 0 atom stereocenters. The maximum Gasteiger partial charge on any atom is 0.303 e. The fourth-order valence-electron chi connectivity index (χ4n) is 2.12. The molecular formula is C18H22N4O4. The minimum Gasteiger partial charge on any atom is -0.481 e. The van der Waals surface area contributed by atoms with Gasteiger partial charge in [0.15, 0.2) is 0 Å². The van der Waals surface area contributed by atoms with Crippen LogP contribution in [0.25, 0.3) is 0 Å². The molecule has 0 aliphatic carbocycles. The highest BCUT2D eigenvalue weighted by molar-refractivity contribution is 6.01. The lowest BCUT2D eigenvalue weighted by atomic mass is 10.2. The van der Waals surface area contributed by atoms with Gasteiger partial charge < -0.3 is 16.2 Å². The third-order valence-electron chi connectivity index (χ3n) is 3.49. The van der Waals surface area contributed by atoms with Crippen molar-refractivity contribution in [1.29, 1.82) is 5.26 Å². The van der Waals surface area contributed by atoms with Crippen molar-refractivity contribution in [2.75, 3.05) is 17.2 Å². The van der Waals surface area contributed by atoms with Crippen LogP contribution in [-0.2, 0) is 14.4 Å². The second-order valence-electron chi connectivity index (χ2n) is 5.60. The summed E-state index contributed by atoms with van der Waals surface area (Å²) in [5.41, 5.74) is 6.43. The van der Waals surface area contributed by atoms with E-state index in [9.17, 15) is 19.6 Å². The van der Waals surface area contributed by atoms with Gasteiger partial charge in [0.2, 0.25) is 5.91 Å². The number of nitrogens with zero attached hydrogens (tertiary/aromatic N) is 2. The second kappa shape index (κ2) is 10.5. The number of benzene rings is 1. The first-order valence-electron chi connectivity index (χ1n) is 8.12. The number of unbranched alkanes of at least 4 members (excludes halogenated alkanes) is 2. The first kappa shape index (κ1) is 20.7. The highest BCUT2D eigenvalue weighted by Gasteiger charge is 2.15. The van der Waals surface area contributed by atoms with Crippen LogP contribution in [0.1, 0.15) is 32.6 Å². The zero-order chi connectivity index (χ0) is 19.5. The molecule has 138 valence electrons. The van der Waals surface area contributed by atoms with Crippen molar-refractivity contribution >= 4 is 29.2 Å². The van der Waals surface area contributed by atoms with Crippen LogP contribution in [-0.4, -0.2) is 29.4 Å². The number of nitriles is 1. The molecule has 1 aromatic carbocycles. The van der Waals surface area contributed by atoms with Gasteiger partial charge in [-0.1, -0.05) is 6.42 Å². The number of nitrogens with one attached hydrogen (secondary N) is 1. The number of carbonyl (C=O) groups is 3. The van der Waals surface area contributed by atoms with Crippen LogP contribution in [0.2, 0.25) is 0 Å². The van der Waals surface area contributed by atoms with Crippen LogP contribution in [0.5, 0.6) is 0 Å². The van der Waals surface area contributed by atoms with Gasteiger partial charge in [0, 0.05) is 37.5 Å². The SMILES string of the molecule is CC(=O)N(/C=C(/C#N)C(=O)NCCCCCC(=O)O)c1ccc(N)cc1. The summed E-state index contributed by atoms with van der Waals surface area (Å²) in [7, 11) is 0. The molecule has 0 bridgehead atoms. The lowest BCUT2D eigenvalue weighted by Crippen LogP contribution is -2.29. The number of hydrogen-bond acceptors (Lipinski definition) is 5. The molecule has 0 radical (unpaired) electrons. The van der Waals surface area contributed by atoms with E-state index in [4.69, 9.17) is 10.8 Å². The van der Waals surface area contributed by atoms with Gasteiger partial charge in [-0.3, -0.25) is 19.3 Å². The molecule has 0 saturated carbocycles. The van der Waals surface area contributed by atoms with E-state index in [0.717, 1.165) is 0 Å². The van der Waals surface area contributed by atoms with Crippen molar-refractivity contribution in [3.05, 3.63) is 36.0 Å². The Morgan fingerprint density at radius 3 is 2.42 bits per heavy atom. The molecule has 26 heavy (non-hydrogen) atoms. The minimum atomic E-state index is -0.851. The number of rotatable bonds is 9. The molecule has 0 aliphatic heterocycles. The van der Waals surface area contributed by atoms with Crippen molar-refractivity contribution in [1.82, 2.24) is 5.32 Å². The molecule has 0 aromatic heterocycles. The van der Waals surface area contributed by atoms with Gasteiger partial charge in [-0.2, -0.15) is 5.26 Å². The van der Waals surface area contributed by atoms with Crippen LogP contribution in [0.15, 0.2) is 36.0 Å². The summed E-state index contributed by atoms with van der Waals surface area (Å²) < 4.78 is 0. The number of carboxylic acids is 1. The normalized spacial score (nSPS) is 10.7. The van der Waals surface area contributed by atoms with E-state index in [-0.39, 0.29) is 17.9 Å². The predicted octanol–water partition coefficient (Wildman–Crippen LogP) is 1.79. The molecule has 0 saturated heterocycles. The Bertz CT molecular complexity index is 720. The van der Waals surface area contributed by atoms with Crippen LogP contribution in [0, 0.1) is 11.3 Å². The molecule has 0 spiro atoms. The monoisotopic (exact) mass is 358 g/mol. The minimum absolute atomic E-state index is 0.0897. The Labute approximate surface area is 151 Å². The van der Waals surface area contributed by atoms with Crippen molar-refractivity contribution in [3.8, 4) is 6.07 Å². The summed E-state index contributed by atoms with van der Waals surface area (Å²) in [6.45, 7) is 1.64. The highest BCUT2D eigenvalue weighted by Crippen LogP contribution is 2.18. The van der Waals surface area contributed by atoms with Gasteiger partial charge in [-0.15, -0.1) is 0 Å². The topological polar surface area (TPSA) is 137 Å². The zero-order valence-corrected chi connectivity index (χ0v) is 14.6. The van der Waals surface area contributed by atoms with E-state index >= 15 is 0 Å². The van der Waals surface area contributed by atoms with Crippen LogP contribution < -0.4 is 16.0 Å². The maximum atomic E-state index is 12.1. The number of nitrogen functional groups attached to an aromatic ring is 1. The number of amides is 2. The molecule has 2 amide bonds. The van der Waals surface area contributed by atoms with E-state index in [2.05, 4.69) is 5.32 Å². The van der Waals surface area contributed by atoms with Crippen LogP contribution in [0.3, 0.4) is 0 Å². The third-order valence-corrected chi connectivity index (χ3v) is 3.49. The molecule has 0 fully saturated rings. The first-order valence-corrected chi connectivity index (χ1v) is 8.12. The number of anilines is 2. The maximum absolute atomic E-state index is 12.1. The van der Waals surface area contributed by atoms with E-state index in [1.54, 1.807) is 30.3 Å². The zero-order valence-electron chi connectivity index (χ0n) is 14.6. The van der Waals surface area contributed by atoms with E-state index in [1.165, 1.54) is 18.0 Å². The third kappa shape index (κ3) is 7.05. The number of carboxylic acid groups (broad SMARTS) is 1. The van der Waals surface area contributed by atoms with Gasteiger partial charge in [0.25, 0.3) is 5.91 Å². The molecule has 4 N–H and O–H groups in total. The number of hydrogen-bond donors (Lipinski definition) is 3. The predicted molar refractivity (Wildman–Crippen MR) is 96.8 cm³/mol. The Morgan fingerprint density at radius 2 is 1.88 bits per heavy atom. The molecule has 0 heterocycles. The smallest absolute Gasteiger partial charge is 0.303 e. The number of carbonyl (C=O) groups excluding carboxylic acids is 2.